The van der Waals surface area contributed by atoms with E-state index in [0.29, 0.717) is 11.4 Å². The highest BCUT2D eigenvalue weighted by Crippen LogP contribution is 2.39. The molecule has 3 heterocycles. The second kappa shape index (κ2) is 7.06. The van der Waals surface area contributed by atoms with Crippen LogP contribution in [0.15, 0.2) is 22.0 Å². The van der Waals surface area contributed by atoms with Gasteiger partial charge >= 0.3 is 11.5 Å². The van der Waals surface area contributed by atoms with Gasteiger partial charge in [0, 0.05) is 25.1 Å². The normalized spacial score (nSPS) is 23.5. The molecular weight excluding hydrogens is 362 g/mol. The third-order valence-corrected chi connectivity index (χ3v) is 4.61. The number of H-pyrrole nitrogens is 1. The van der Waals surface area contributed by atoms with E-state index in [2.05, 4.69) is 9.97 Å². The minimum absolute atomic E-state index is 0.168. The van der Waals surface area contributed by atoms with Crippen molar-refractivity contribution in [3.63, 3.8) is 0 Å². The largest absolute Gasteiger partial charge is 0.394 e. The SMILES string of the molecule is Cc1cn([C@H]2C[C@H](n3cc([N+](=O)[O-])nc3C)[C@@H]([C@H](O)CO)O2)c(=O)[nH]c1=O. The molecule has 3 N–H and O–H groups in total. The van der Waals surface area contributed by atoms with Gasteiger partial charge in [-0.15, -0.1) is 0 Å². The van der Waals surface area contributed by atoms with Crippen molar-refractivity contribution in [1.82, 2.24) is 19.1 Å². The second-order valence-electron chi connectivity index (χ2n) is 6.40. The van der Waals surface area contributed by atoms with Gasteiger partial charge in [0.05, 0.1) is 12.6 Å². The van der Waals surface area contributed by atoms with E-state index < -0.39 is 47.3 Å². The maximum atomic E-state index is 12.1. The van der Waals surface area contributed by atoms with E-state index >= 15 is 0 Å². The highest BCUT2D eigenvalue weighted by molar-refractivity contribution is 5.18. The third-order valence-electron chi connectivity index (χ3n) is 4.61. The summed E-state index contributed by atoms with van der Waals surface area (Å²) in [5.74, 6) is -0.0265. The summed E-state index contributed by atoms with van der Waals surface area (Å²) in [6.07, 6.45) is -0.317. The summed E-state index contributed by atoms with van der Waals surface area (Å²) in [4.78, 5) is 40.1. The van der Waals surface area contributed by atoms with E-state index in [1.54, 1.807) is 6.92 Å². The van der Waals surface area contributed by atoms with E-state index in [9.17, 15) is 29.9 Å². The number of aromatic amines is 1. The Morgan fingerprint density at radius 3 is 2.70 bits per heavy atom. The van der Waals surface area contributed by atoms with Crippen LogP contribution in [0.1, 0.15) is 30.1 Å². The molecule has 12 heteroatoms. The number of aryl methyl sites for hydroxylation is 2. The summed E-state index contributed by atoms with van der Waals surface area (Å²) in [5.41, 5.74) is -0.893. The monoisotopic (exact) mass is 381 g/mol. The molecule has 0 bridgehead atoms. The highest BCUT2D eigenvalue weighted by atomic mass is 16.6. The number of aliphatic hydroxyl groups is 2. The Kier molecular flexibility index (Phi) is 4.95. The molecule has 0 radical (unpaired) electrons. The fourth-order valence-corrected chi connectivity index (χ4v) is 3.26. The van der Waals surface area contributed by atoms with Crippen LogP contribution in [0.25, 0.3) is 0 Å². The zero-order valence-corrected chi connectivity index (χ0v) is 14.6. The highest BCUT2D eigenvalue weighted by Gasteiger charge is 2.43. The lowest BCUT2D eigenvalue weighted by Gasteiger charge is -2.23. The number of nitrogens with zero attached hydrogens (tertiary/aromatic N) is 4. The van der Waals surface area contributed by atoms with Crippen molar-refractivity contribution in [2.45, 2.75) is 44.7 Å². The molecule has 0 spiro atoms. The van der Waals surface area contributed by atoms with Crippen LogP contribution in [0.2, 0.25) is 0 Å². The zero-order chi connectivity index (χ0) is 19.9. The van der Waals surface area contributed by atoms with Crippen LogP contribution in [0.4, 0.5) is 5.82 Å². The van der Waals surface area contributed by atoms with Gasteiger partial charge in [-0.1, -0.05) is 0 Å². The van der Waals surface area contributed by atoms with Gasteiger partial charge in [-0.05, 0) is 16.8 Å². The first-order valence-electron chi connectivity index (χ1n) is 8.19. The number of nitrogens with one attached hydrogen (secondary N) is 1. The molecule has 0 aliphatic carbocycles. The van der Waals surface area contributed by atoms with Gasteiger partial charge in [0.15, 0.2) is 0 Å². The van der Waals surface area contributed by atoms with Crippen LogP contribution in [-0.4, -0.2) is 53.1 Å². The number of aliphatic hydroxyl groups excluding tert-OH is 2. The van der Waals surface area contributed by atoms with Gasteiger partial charge in [0.2, 0.25) is 5.82 Å². The summed E-state index contributed by atoms with van der Waals surface area (Å²) in [7, 11) is 0. The summed E-state index contributed by atoms with van der Waals surface area (Å²) < 4.78 is 8.46. The molecule has 1 saturated heterocycles. The van der Waals surface area contributed by atoms with Crippen molar-refractivity contribution in [2.75, 3.05) is 6.61 Å². The molecule has 27 heavy (non-hydrogen) atoms. The molecule has 0 amide bonds. The third kappa shape index (κ3) is 3.41. The minimum Gasteiger partial charge on any atom is -0.394 e. The molecule has 1 aliphatic rings. The van der Waals surface area contributed by atoms with E-state index in [4.69, 9.17) is 4.74 Å². The molecule has 1 fully saturated rings. The molecule has 4 atom stereocenters. The number of hydrogen-bond acceptors (Lipinski definition) is 8. The molecule has 146 valence electrons. The van der Waals surface area contributed by atoms with Crippen LogP contribution in [0, 0.1) is 24.0 Å². The predicted molar refractivity (Wildman–Crippen MR) is 90.3 cm³/mol. The summed E-state index contributed by atoms with van der Waals surface area (Å²) >= 11 is 0. The van der Waals surface area contributed by atoms with Crippen LogP contribution < -0.4 is 11.2 Å². The lowest BCUT2D eigenvalue weighted by Crippen LogP contribution is -2.36. The summed E-state index contributed by atoms with van der Waals surface area (Å²) in [6.45, 7) is 2.51. The van der Waals surface area contributed by atoms with Gasteiger partial charge in [0.25, 0.3) is 5.56 Å². The first kappa shape index (κ1) is 18.9. The summed E-state index contributed by atoms with van der Waals surface area (Å²) in [5, 5.41) is 30.5. The minimum atomic E-state index is -1.28. The second-order valence-corrected chi connectivity index (χ2v) is 6.40. The number of rotatable bonds is 5. The van der Waals surface area contributed by atoms with Crippen LogP contribution >= 0.6 is 0 Å². The molecule has 12 nitrogen and oxygen atoms in total. The van der Waals surface area contributed by atoms with Crippen molar-refractivity contribution in [2.24, 2.45) is 0 Å². The topological polar surface area (TPSA) is 166 Å². The molecule has 0 aromatic carbocycles. The van der Waals surface area contributed by atoms with E-state index in [1.165, 1.54) is 28.5 Å². The van der Waals surface area contributed by atoms with Gasteiger partial charge < -0.3 is 29.6 Å². The number of nitro groups is 1. The quantitative estimate of drug-likeness (QED) is 0.444. The fraction of sp³-hybridized carbons (Fsp3) is 0.533. The maximum absolute atomic E-state index is 12.1. The first-order chi connectivity index (χ1) is 12.7. The number of hydrogen-bond donors (Lipinski definition) is 3. The van der Waals surface area contributed by atoms with E-state index in [-0.39, 0.29) is 12.2 Å². The lowest BCUT2D eigenvalue weighted by atomic mass is 10.0. The molecule has 3 rings (SSSR count). The molecular formula is C15H19N5O7. The lowest BCUT2D eigenvalue weighted by molar-refractivity contribution is -0.389. The van der Waals surface area contributed by atoms with Crippen molar-refractivity contribution < 1.29 is 19.9 Å². The number of aromatic nitrogens is 4. The smallest absolute Gasteiger partial charge is 0.381 e. The number of imidazole rings is 1. The Bertz CT molecular complexity index is 978. The standard InChI is InChI=1S/C15H19N5O7/c1-7-4-19(15(24)17-14(7)23)12-3-9(13(27-12)10(22)6-21)18-5-11(20(25)26)16-8(18)2/h4-5,9-10,12-13,21-22H,3,6H2,1-2H3,(H,17,23,24)/t9-,10+,12+,13-/m0/s1. The van der Waals surface area contributed by atoms with Gasteiger partial charge in [-0.3, -0.25) is 14.3 Å². The van der Waals surface area contributed by atoms with Crippen molar-refractivity contribution in [3.05, 3.63) is 54.7 Å². The Morgan fingerprint density at radius 1 is 1.41 bits per heavy atom. The Morgan fingerprint density at radius 2 is 2.11 bits per heavy atom. The van der Waals surface area contributed by atoms with Crippen LogP contribution in [0.5, 0.6) is 0 Å². The molecule has 0 unspecified atom stereocenters. The maximum Gasteiger partial charge on any atom is 0.381 e. The first-order valence-corrected chi connectivity index (χ1v) is 8.19. The zero-order valence-electron chi connectivity index (χ0n) is 14.6. The molecule has 1 aliphatic heterocycles. The van der Waals surface area contributed by atoms with Gasteiger partial charge in [-0.2, -0.15) is 0 Å². The van der Waals surface area contributed by atoms with Crippen molar-refractivity contribution in [3.8, 4) is 0 Å². The van der Waals surface area contributed by atoms with Crippen molar-refractivity contribution >= 4 is 5.82 Å². The van der Waals surface area contributed by atoms with E-state index in [1.807, 2.05) is 0 Å². The fourth-order valence-electron chi connectivity index (χ4n) is 3.26. The Labute approximate surface area is 151 Å². The number of ether oxygens (including phenoxy) is 1. The van der Waals surface area contributed by atoms with Gasteiger partial charge in [0.1, 0.15) is 24.6 Å². The van der Waals surface area contributed by atoms with Crippen molar-refractivity contribution in [1.29, 1.82) is 0 Å². The average molecular weight is 381 g/mol. The average Bonchev–Trinajstić information content (AvgIpc) is 3.21. The Hall–Kier alpha value is -2.83. The van der Waals surface area contributed by atoms with Gasteiger partial charge in [-0.25, -0.2) is 4.79 Å². The van der Waals surface area contributed by atoms with Crippen LogP contribution in [0.3, 0.4) is 0 Å². The van der Waals surface area contributed by atoms with E-state index in [0.717, 1.165) is 0 Å². The summed E-state index contributed by atoms with van der Waals surface area (Å²) in [6, 6.07) is -0.613. The molecule has 0 saturated carbocycles. The van der Waals surface area contributed by atoms with Crippen LogP contribution in [-0.2, 0) is 4.74 Å². The predicted octanol–water partition coefficient (Wildman–Crippen LogP) is -0.860. The Balaban J connectivity index is 2.01. The molecule has 2 aromatic rings. The molecule has 2 aromatic heterocycles.